The number of rotatable bonds is 4. The standard InChI is InChI=1S/C14H24N4/c1-4-15-14-16-11(3)9-13(18-14)17-12-7-5-6-10(2)8-12/h9-10,12H,4-8H2,1-3H3,(H2,15,16,17,18). The van der Waals surface area contributed by atoms with Gasteiger partial charge >= 0.3 is 0 Å². The molecule has 1 aromatic rings. The van der Waals surface area contributed by atoms with Crippen molar-refractivity contribution in [1.29, 1.82) is 0 Å². The first-order valence-corrected chi connectivity index (χ1v) is 7.03. The molecular weight excluding hydrogens is 224 g/mol. The lowest BCUT2D eigenvalue weighted by Gasteiger charge is -2.28. The Balaban J connectivity index is 2.03. The molecule has 1 aliphatic rings. The molecule has 4 heteroatoms. The van der Waals surface area contributed by atoms with E-state index in [2.05, 4.69) is 34.4 Å². The SMILES string of the molecule is CCNc1nc(C)cc(NC2CCCC(C)C2)n1. The summed E-state index contributed by atoms with van der Waals surface area (Å²) in [5, 5.41) is 6.73. The van der Waals surface area contributed by atoms with Crippen LogP contribution < -0.4 is 10.6 Å². The van der Waals surface area contributed by atoms with E-state index in [1.165, 1.54) is 25.7 Å². The summed E-state index contributed by atoms with van der Waals surface area (Å²) in [6.45, 7) is 7.26. The van der Waals surface area contributed by atoms with Crippen molar-refractivity contribution in [3.05, 3.63) is 11.8 Å². The van der Waals surface area contributed by atoms with E-state index in [4.69, 9.17) is 0 Å². The third-order valence-corrected chi connectivity index (χ3v) is 3.48. The Morgan fingerprint density at radius 2 is 2.17 bits per heavy atom. The predicted molar refractivity (Wildman–Crippen MR) is 76.0 cm³/mol. The van der Waals surface area contributed by atoms with Gasteiger partial charge in [0.05, 0.1) is 0 Å². The molecule has 0 radical (unpaired) electrons. The topological polar surface area (TPSA) is 49.8 Å². The minimum Gasteiger partial charge on any atom is -0.367 e. The average molecular weight is 248 g/mol. The van der Waals surface area contributed by atoms with Gasteiger partial charge in [-0.1, -0.05) is 19.8 Å². The fourth-order valence-electron chi connectivity index (χ4n) is 2.65. The second-order valence-electron chi connectivity index (χ2n) is 5.36. The minimum atomic E-state index is 0.567. The Labute approximate surface area is 110 Å². The molecule has 2 atom stereocenters. The maximum Gasteiger partial charge on any atom is 0.224 e. The van der Waals surface area contributed by atoms with Crippen LogP contribution in [0.2, 0.25) is 0 Å². The van der Waals surface area contributed by atoms with Crippen molar-refractivity contribution in [2.75, 3.05) is 17.2 Å². The van der Waals surface area contributed by atoms with Crippen LogP contribution in [0.15, 0.2) is 6.07 Å². The molecule has 4 nitrogen and oxygen atoms in total. The normalized spacial score (nSPS) is 23.7. The highest BCUT2D eigenvalue weighted by Crippen LogP contribution is 2.26. The van der Waals surface area contributed by atoms with Gasteiger partial charge in [-0.05, 0) is 32.6 Å². The van der Waals surface area contributed by atoms with E-state index in [0.29, 0.717) is 6.04 Å². The molecule has 1 aromatic heterocycles. The highest BCUT2D eigenvalue weighted by molar-refractivity contribution is 5.42. The van der Waals surface area contributed by atoms with Crippen LogP contribution in [0.25, 0.3) is 0 Å². The molecule has 18 heavy (non-hydrogen) atoms. The first kappa shape index (κ1) is 13.1. The second-order valence-corrected chi connectivity index (χ2v) is 5.36. The Bertz CT molecular complexity index is 391. The molecule has 0 aliphatic heterocycles. The van der Waals surface area contributed by atoms with Crippen LogP contribution in [0, 0.1) is 12.8 Å². The number of aromatic nitrogens is 2. The zero-order valence-corrected chi connectivity index (χ0v) is 11.7. The van der Waals surface area contributed by atoms with Crippen LogP contribution in [0.5, 0.6) is 0 Å². The molecular formula is C14H24N4. The van der Waals surface area contributed by atoms with Gasteiger partial charge in [0.1, 0.15) is 5.82 Å². The van der Waals surface area contributed by atoms with Crippen LogP contribution in [-0.4, -0.2) is 22.6 Å². The van der Waals surface area contributed by atoms with Crippen molar-refractivity contribution in [2.24, 2.45) is 5.92 Å². The number of hydrogen-bond donors (Lipinski definition) is 2. The summed E-state index contributed by atoms with van der Waals surface area (Å²) < 4.78 is 0. The molecule has 0 bridgehead atoms. The van der Waals surface area contributed by atoms with Gasteiger partial charge in [-0.2, -0.15) is 4.98 Å². The van der Waals surface area contributed by atoms with Crippen LogP contribution in [0.4, 0.5) is 11.8 Å². The molecule has 0 saturated heterocycles. The highest BCUT2D eigenvalue weighted by atomic mass is 15.1. The van der Waals surface area contributed by atoms with Crippen LogP contribution in [0.1, 0.15) is 45.2 Å². The van der Waals surface area contributed by atoms with Crippen molar-refractivity contribution < 1.29 is 0 Å². The lowest BCUT2D eigenvalue weighted by molar-refractivity contribution is 0.358. The van der Waals surface area contributed by atoms with Gasteiger partial charge in [0, 0.05) is 24.3 Å². The van der Waals surface area contributed by atoms with Crippen LogP contribution >= 0.6 is 0 Å². The van der Waals surface area contributed by atoms with E-state index in [1.807, 2.05) is 13.0 Å². The van der Waals surface area contributed by atoms with E-state index >= 15 is 0 Å². The van der Waals surface area contributed by atoms with Gasteiger partial charge in [-0.15, -0.1) is 0 Å². The molecule has 100 valence electrons. The summed E-state index contributed by atoms with van der Waals surface area (Å²) in [7, 11) is 0. The number of hydrogen-bond acceptors (Lipinski definition) is 4. The summed E-state index contributed by atoms with van der Waals surface area (Å²) >= 11 is 0. The van der Waals surface area contributed by atoms with E-state index in [1.54, 1.807) is 0 Å². The predicted octanol–water partition coefficient (Wildman–Crippen LogP) is 3.21. The second kappa shape index (κ2) is 6.03. The lowest BCUT2D eigenvalue weighted by atomic mass is 9.87. The van der Waals surface area contributed by atoms with Gasteiger partial charge in [0.2, 0.25) is 5.95 Å². The molecule has 1 aliphatic carbocycles. The molecule has 0 aromatic carbocycles. The van der Waals surface area contributed by atoms with E-state index in [0.717, 1.165) is 29.9 Å². The largest absolute Gasteiger partial charge is 0.367 e. The summed E-state index contributed by atoms with van der Waals surface area (Å²) in [5.74, 6) is 2.51. The Hall–Kier alpha value is -1.32. The van der Waals surface area contributed by atoms with Gasteiger partial charge in [0.25, 0.3) is 0 Å². The molecule has 1 saturated carbocycles. The molecule has 0 amide bonds. The first-order valence-electron chi connectivity index (χ1n) is 7.03. The van der Waals surface area contributed by atoms with Crippen LogP contribution in [0.3, 0.4) is 0 Å². The Morgan fingerprint density at radius 1 is 1.33 bits per heavy atom. The average Bonchev–Trinajstić information content (AvgIpc) is 2.28. The molecule has 2 N–H and O–H groups in total. The van der Waals surface area contributed by atoms with Crippen LogP contribution in [-0.2, 0) is 0 Å². The molecule has 1 fully saturated rings. The lowest BCUT2D eigenvalue weighted by Crippen LogP contribution is -2.26. The molecule has 1 heterocycles. The quantitative estimate of drug-likeness (QED) is 0.859. The maximum absolute atomic E-state index is 4.51. The van der Waals surface area contributed by atoms with Crippen molar-refractivity contribution in [2.45, 2.75) is 52.5 Å². The Kier molecular flexibility index (Phi) is 4.39. The molecule has 2 rings (SSSR count). The van der Waals surface area contributed by atoms with Gasteiger partial charge in [0.15, 0.2) is 0 Å². The smallest absolute Gasteiger partial charge is 0.224 e. The minimum absolute atomic E-state index is 0.567. The van der Waals surface area contributed by atoms with Crippen molar-refractivity contribution in [1.82, 2.24) is 9.97 Å². The number of nitrogens with zero attached hydrogens (tertiary/aromatic N) is 2. The van der Waals surface area contributed by atoms with Gasteiger partial charge < -0.3 is 10.6 Å². The van der Waals surface area contributed by atoms with E-state index in [-0.39, 0.29) is 0 Å². The van der Waals surface area contributed by atoms with E-state index in [9.17, 15) is 0 Å². The number of anilines is 2. The Morgan fingerprint density at radius 3 is 2.89 bits per heavy atom. The first-order chi connectivity index (χ1) is 8.67. The zero-order chi connectivity index (χ0) is 13.0. The van der Waals surface area contributed by atoms with E-state index < -0.39 is 0 Å². The summed E-state index contributed by atoms with van der Waals surface area (Å²) in [6, 6.07) is 2.60. The monoisotopic (exact) mass is 248 g/mol. The fourth-order valence-corrected chi connectivity index (χ4v) is 2.65. The van der Waals surface area contributed by atoms with Crippen molar-refractivity contribution in [3.63, 3.8) is 0 Å². The van der Waals surface area contributed by atoms with Crippen molar-refractivity contribution in [3.8, 4) is 0 Å². The third kappa shape index (κ3) is 3.59. The van der Waals surface area contributed by atoms with Gasteiger partial charge in [-0.25, -0.2) is 4.98 Å². The summed E-state index contributed by atoms with van der Waals surface area (Å²) in [6.07, 6.45) is 5.19. The summed E-state index contributed by atoms with van der Waals surface area (Å²) in [4.78, 5) is 8.88. The number of nitrogens with one attached hydrogen (secondary N) is 2. The highest BCUT2D eigenvalue weighted by Gasteiger charge is 2.19. The fraction of sp³-hybridized carbons (Fsp3) is 0.714. The van der Waals surface area contributed by atoms with Crippen molar-refractivity contribution >= 4 is 11.8 Å². The summed E-state index contributed by atoms with van der Waals surface area (Å²) in [5.41, 5.74) is 1.01. The maximum atomic E-state index is 4.51. The molecule has 0 spiro atoms. The van der Waals surface area contributed by atoms with Gasteiger partial charge in [-0.3, -0.25) is 0 Å². The molecule has 2 unspecified atom stereocenters. The third-order valence-electron chi connectivity index (χ3n) is 3.48. The number of aryl methyl sites for hydroxylation is 1. The zero-order valence-electron chi connectivity index (χ0n) is 11.7.